The van der Waals surface area contributed by atoms with Gasteiger partial charge in [0.2, 0.25) is 0 Å². The Morgan fingerprint density at radius 2 is 0.886 bits per heavy atom. The van der Waals surface area contributed by atoms with E-state index >= 15 is 0 Å². The first kappa shape index (κ1) is 22.7. The first-order valence-corrected chi connectivity index (χ1v) is 15.3. The van der Waals surface area contributed by atoms with E-state index < -0.39 is 0 Å². The van der Waals surface area contributed by atoms with Crippen molar-refractivity contribution < 1.29 is 0 Å². The van der Waals surface area contributed by atoms with Crippen LogP contribution < -0.4 is 0 Å². The summed E-state index contributed by atoms with van der Waals surface area (Å²) in [6.07, 6.45) is 0. The molecule has 0 N–H and O–H groups in total. The van der Waals surface area contributed by atoms with Crippen LogP contribution in [0.4, 0.5) is 0 Å². The highest BCUT2D eigenvalue weighted by molar-refractivity contribution is 6.38. The Morgan fingerprint density at radius 3 is 1.68 bits per heavy atom. The summed E-state index contributed by atoms with van der Waals surface area (Å²) in [5.74, 6) is 0. The molecule has 0 atom stereocenters. The van der Waals surface area contributed by atoms with E-state index in [2.05, 4.69) is 155 Å². The number of hydrogen-bond acceptors (Lipinski definition) is 0. The molecule has 0 aliphatic heterocycles. The molecular weight excluding hydrogens is 532 g/mol. The predicted octanol–water partition coefficient (Wildman–Crippen LogP) is 11.3. The fourth-order valence-electron chi connectivity index (χ4n) is 8.19. The molecule has 0 amide bonds. The van der Waals surface area contributed by atoms with Gasteiger partial charge in [-0.25, -0.2) is 0 Å². The first-order chi connectivity index (χ1) is 21.8. The van der Waals surface area contributed by atoms with E-state index in [-0.39, 0.29) is 0 Å². The minimum atomic E-state index is 1.18. The molecular formula is C42H24N2. The second-order valence-corrected chi connectivity index (χ2v) is 12.1. The third kappa shape index (κ3) is 2.68. The molecule has 2 heteroatoms. The lowest BCUT2D eigenvalue weighted by molar-refractivity contribution is 1.18. The van der Waals surface area contributed by atoms with Crippen LogP contribution in [-0.4, -0.2) is 8.97 Å². The first-order valence-electron chi connectivity index (χ1n) is 15.3. The molecule has 44 heavy (non-hydrogen) atoms. The Bertz CT molecular complexity index is 2920. The fraction of sp³-hybridized carbons (Fsp3) is 0. The molecule has 202 valence electrons. The van der Waals surface area contributed by atoms with E-state index in [9.17, 15) is 0 Å². The number of aromatic nitrogens is 2. The quantitative estimate of drug-likeness (QED) is 0.187. The van der Waals surface area contributed by atoms with Gasteiger partial charge in [-0.3, -0.25) is 0 Å². The van der Waals surface area contributed by atoms with E-state index in [1.807, 2.05) is 0 Å². The summed E-state index contributed by atoms with van der Waals surface area (Å²) in [5.41, 5.74) is 10.0. The van der Waals surface area contributed by atoms with Gasteiger partial charge in [-0.15, -0.1) is 0 Å². The van der Waals surface area contributed by atoms with E-state index in [4.69, 9.17) is 0 Å². The third-order valence-corrected chi connectivity index (χ3v) is 9.99. The number of hydrogen-bond donors (Lipinski definition) is 0. The standard InChI is InChI=1S/C42H24N2/c1-2-9-27(10-3-1)43-36-15-7-6-13-30(36)34-23-25(17-21-37(34)43)26-18-22-38-35(24-26)33-20-19-32-29-12-5-4-11-28(29)31-14-8-16-39-40(31)41(32)42(33)44(38)39/h1-24H. The van der Waals surface area contributed by atoms with Gasteiger partial charge in [-0.1, -0.05) is 97.1 Å². The summed E-state index contributed by atoms with van der Waals surface area (Å²) in [6.45, 7) is 0. The normalized spacial score (nSPS) is 12.5. The summed E-state index contributed by atoms with van der Waals surface area (Å²) in [7, 11) is 0. The van der Waals surface area contributed by atoms with Crippen molar-refractivity contribution in [3.05, 3.63) is 146 Å². The molecule has 0 radical (unpaired) electrons. The van der Waals surface area contributed by atoms with Crippen molar-refractivity contribution >= 4 is 81.4 Å². The van der Waals surface area contributed by atoms with Crippen LogP contribution in [0.25, 0.3) is 98.3 Å². The largest absolute Gasteiger partial charge is 0.309 e. The van der Waals surface area contributed by atoms with Crippen LogP contribution in [0.1, 0.15) is 0 Å². The minimum Gasteiger partial charge on any atom is -0.309 e. The van der Waals surface area contributed by atoms with Crippen LogP contribution in [0.2, 0.25) is 0 Å². The van der Waals surface area contributed by atoms with Crippen LogP contribution in [0.5, 0.6) is 0 Å². The molecule has 2 nitrogen and oxygen atoms in total. The van der Waals surface area contributed by atoms with Gasteiger partial charge in [0.1, 0.15) is 0 Å². The lowest BCUT2D eigenvalue weighted by atomic mass is 9.93. The molecule has 0 bridgehead atoms. The van der Waals surface area contributed by atoms with Crippen molar-refractivity contribution in [1.29, 1.82) is 0 Å². The Labute approximate surface area is 252 Å². The molecule has 0 saturated carbocycles. The molecule has 3 aromatic heterocycles. The van der Waals surface area contributed by atoms with E-state index in [0.717, 1.165) is 0 Å². The summed E-state index contributed by atoms with van der Waals surface area (Å²) < 4.78 is 4.89. The molecule has 8 aromatic carbocycles. The highest BCUT2D eigenvalue weighted by Crippen LogP contribution is 2.47. The van der Waals surface area contributed by atoms with E-state index in [1.54, 1.807) is 0 Å². The molecule has 0 unspecified atom stereocenters. The van der Waals surface area contributed by atoms with Gasteiger partial charge in [0.25, 0.3) is 0 Å². The molecule has 0 fully saturated rings. The molecule has 3 heterocycles. The smallest absolute Gasteiger partial charge is 0.0626 e. The van der Waals surface area contributed by atoms with Crippen LogP contribution in [0.3, 0.4) is 0 Å². The second kappa shape index (κ2) is 7.94. The Hall–Kier alpha value is -5.86. The Kier molecular flexibility index (Phi) is 4.10. The van der Waals surface area contributed by atoms with Gasteiger partial charge in [-0.2, -0.15) is 0 Å². The highest BCUT2D eigenvalue weighted by Gasteiger charge is 2.23. The van der Waals surface area contributed by atoms with Gasteiger partial charge < -0.3 is 8.97 Å². The van der Waals surface area contributed by atoms with Crippen molar-refractivity contribution in [3.8, 4) is 16.8 Å². The van der Waals surface area contributed by atoms with Crippen LogP contribution in [0, 0.1) is 0 Å². The maximum atomic E-state index is 2.51. The molecule has 0 spiro atoms. The minimum absolute atomic E-state index is 1.18. The van der Waals surface area contributed by atoms with Gasteiger partial charge in [-0.05, 0) is 81.2 Å². The molecule has 11 aromatic rings. The molecule has 11 rings (SSSR count). The third-order valence-electron chi connectivity index (χ3n) is 9.99. The lowest BCUT2D eigenvalue weighted by Crippen LogP contribution is -1.92. The number of nitrogens with zero attached hydrogens (tertiary/aromatic N) is 2. The van der Waals surface area contributed by atoms with Crippen LogP contribution in [-0.2, 0) is 0 Å². The average molecular weight is 557 g/mol. The van der Waals surface area contributed by atoms with Gasteiger partial charge in [0.15, 0.2) is 0 Å². The average Bonchev–Trinajstić information content (AvgIpc) is 3.73. The molecule has 0 saturated heterocycles. The van der Waals surface area contributed by atoms with Crippen molar-refractivity contribution in [2.75, 3.05) is 0 Å². The molecule has 0 aliphatic rings. The summed E-state index contributed by atoms with van der Waals surface area (Å²) >= 11 is 0. The summed E-state index contributed by atoms with van der Waals surface area (Å²) in [6, 6.07) is 53.8. The Morgan fingerprint density at radius 1 is 0.318 bits per heavy atom. The van der Waals surface area contributed by atoms with Crippen LogP contribution in [0.15, 0.2) is 146 Å². The number of rotatable bonds is 2. The van der Waals surface area contributed by atoms with E-state index in [1.165, 1.54) is 98.3 Å². The second-order valence-electron chi connectivity index (χ2n) is 12.1. The van der Waals surface area contributed by atoms with Gasteiger partial charge in [0.05, 0.1) is 27.6 Å². The lowest BCUT2D eigenvalue weighted by Gasteiger charge is -2.10. The summed E-state index contributed by atoms with van der Waals surface area (Å²) in [5, 5.41) is 13.3. The van der Waals surface area contributed by atoms with Crippen molar-refractivity contribution in [1.82, 2.24) is 8.97 Å². The topological polar surface area (TPSA) is 9.34 Å². The van der Waals surface area contributed by atoms with Crippen molar-refractivity contribution in [2.45, 2.75) is 0 Å². The zero-order valence-electron chi connectivity index (χ0n) is 23.8. The van der Waals surface area contributed by atoms with E-state index in [0.29, 0.717) is 0 Å². The maximum Gasteiger partial charge on any atom is 0.0626 e. The number of benzene rings is 8. The van der Waals surface area contributed by atoms with Gasteiger partial charge in [0, 0.05) is 38.0 Å². The zero-order chi connectivity index (χ0) is 28.5. The monoisotopic (exact) mass is 556 g/mol. The Balaban J connectivity index is 1.19. The fourth-order valence-corrected chi connectivity index (χ4v) is 8.19. The SMILES string of the molecule is c1ccc(-n2c3ccccc3c3cc(-c4ccc5c(c4)c4ccc6c7ccccc7c7cccc8c7c6c4n58)ccc32)cc1. The predicted molar refractivity (Wildman–Crippen MR) is 187 cm³/mol. The molecule has 0 aliphatic carbocycles. The summed E-state index contributed by atoms with van der Waals surface area (Å²) in [4.78, 5) is 0. The van der Waals surface area contributed by atoms with Crippen molar-refractivity contribution in [2.24, 2.45) is 0 Å². The zero-order valence-corrected chi connectivity index (χ0v) is 23.8. The van der Waals surface area contributed by atoms with Crippen LogP contribution >= 0.6 is 0 Å². The number of fused-ring (bicyclic) bond motifs is 10. The number of para-hydroxylation sites is 2. The maximum absolute atomic E-state index is 2.51. The highest BCUT2D eigenvalue weighted by atomic mass is 15.0. The van der Waals surface area contributed by atoms with Gasteiger partial charge >= 0.3 is 0 Å². The van der Waals surface area contributed by atoms with Crippen molar-refractivity contribution in [3.63, 3.8) is 0 Å².